The molecule has 5 aromatic rings. The van der Waals surface area contributed by atoms with Gasteiger partial charge in [-0.05, 0) is 54.3 Å². The van der Waals surface area contributed by atoms with Gasteiger partial charge in [-0.25, -0.2) is 27.5 Å². The van der Waals surface area contributed by atoms with Crippen molar-refractivity contribution in [2.75, 3.05) is 67.5 Å². The fraction of sp³-hybridized carbons (Fsp3) is 0.386. The molecule has 3 saturated heterocycles. The van der Waals surface area contributed by atoms with E-state index in [9.17, 15) is 23.6 Å². The Balaban J connectivity index is 0.758. The van der Waals surface area contributed by atoms with E-state index in [1.165, 1.54) is 33.8 Å². The summed E-state index contributed by atoms with van der Waals surface area (Å²) in [6, 6.07) is 13.0. The Kier molecular flexibility index (Phi) is 9.50. The molecule has 16 nitrogen and oxygen atoms in total. The Bertz CT molecular complexity index is 2780. The predicted octanol–water partition coefficient (Wildman–Crippen LogP) is 5.21. The number of alkyl halides is 3. The first kappa shape index (κ1) is 40.3. The summed E-state index contributed by atoms with van der Waals surface area (Å²) in [5, 5.41) is 13.4. The van der Waals surface area contributed by atoms with Crippen molar-refractivity contribution >= 4 is 63.9 Å². The lowest BCUT2D eigenvalue weighted by Crippen LogP contribution is -2.70. The molecule has 3 aromatic heterocycles. The van der Waals surface area contributed by atoms with Crippen molar-refractivity contribution in [3.8, 4) is 17.0 Å². The van der Waals surface area contributed by atoms with Crippen LogP contribution in [-0.2, 0) is 17.8 Å². The van der Waals surface area contributed by atoms with E-state index in [1.807, 2.05) is 35.2 Å². The average Bonchev–Trinajstić information content (AvgIpc) is 3.58. The topological polar surface area (TPSA) is 170 Å². The Labute approximate surface area is 368 Å². The molecular weight excluding hydrogens is 855 g/mol. The zero-order valence-electron chi connectivity index (χ0n) is 34.3. The van der Waals surface area contributed by atoms with Crippen LogP contribution >= 0.6 is 11.6 Å². The summed E-state index contributed by atoms with van der Waals surface area (Å²) in [6.07, 6.45) is 3.33. The van der Waals surface area contributed by atoms with Gasteiger partial charge in [0, 0.05) is 81.7 Å². The maximum Gasteiger partial charge on any atom is 0.328 e. The third-order valence-corrected chi connectivity index (χ3v) is 13.5. The smallest absolute Gasteiger partial charge is 0.328 e. The van der Waals surface area contributed by atoms with Gasteiger partial charge in [0.15, 0.2) is 22.9 Å². The quantitative estimate of drug-likeness (QED) is 0.187. The van der Waals surface area contributed by atoms with E-state index in [4.69, 9.17) is 26.4 Å². The predicted molar refractivity (Wildman–Crippen MR) is 228 cm³/mol. The van der Waals surface area contributed by atoms with Crippen molar-refractivity contribution in [3.05, 3.63) is 88.3 Å². The molecule has 11 rings (SSSR count). The number of rotatable bonds is 8. The number of imidazole rings is 1. The van der Waals surface area contributed by atoms with Crippen LogP contribution in [0.4, 0.5) is 40.8 Å². The van der Waals surface area contributed by atoms with Gasteiger partial charge >= 0.3 is 6.03 Å². The lowest BCUT2D eigenvalue weighted by molar-refractivity contribution is -0.220. The summed E-state index contributed by atoms with van der Waals surface area (Å²) in [5.41, 5.74) is 4.91. The summed E-state index contributed by atoms with van der Waals surface area (Å²) in [4.78, 5) is 66.5. The number of likely N-dealkylation sites (tertiary alicyclic amines) is 2. The number of carbonyl (C=O) groups is 4. The van der Waals surface area contributed by atoms with Gasteiger partial charge in [0.25, 0.3) is 17.7 Å². The molecule has 1 spiro atoms. The molecule has 5 aliphatic heterocycles. The van der Waals surface area contributed by atoms with Crippen molar-refractivity contribution in [3.63, 3.8) is 0 Å². The molecule has 1 saturated carbocycles. The summed E-state index contributed by atoms with van der Waals surface area (Å²) in [6.45, 7) is 1.83. The van der Waals surface area contributed by atoms with E-state index in [-0.39, 0.29) is 67.4 Å². The average molecular weight is 896 g/mol. The number of nitrogens with one attached hydrogen (secondary N) is 3. The molecule has 6 aliphatic rings. The van der Waals surface area contributed by atoms with Crippen LogP contribution in [0.1, 0.15) is 51.2 Å². The number of hydrogen-bond donors (Lipinski definition) is 3. The van der Waals surface area contributed by atoms with Gasteiger partial charge in [-0.15, -0.1) is 5.10 Å². The Morgan fingerprint density at radius 1 is 0.969 bits per heavy atom. The van der Waals surface area contributed by atoms with Gasteiger partial charge in [-0.2, -0.15) is 0 Å². The van der Waals surface area contributed by atoms with Gasteiger partial charge in [0.1, 0.15) is 18.5 Å². The number of aromatic nitrogens is 4. The molecule has 2 atom stereocenters. The SMILES string of the molecule is O=C1CCN(c2cc(C(=O)N3CCC4(CN(Cc5ccc(-c6cccc7c6CCN7c6nn7c(C(=O)N[C@@H]8C[C@@H]8F)cnc7c7c6OCCN7)nc5)C4)C(F)(F)C3)ccc2Cl)C(=O)N1. The molecule has 4 fully saturated rings. The summed E-state index contributed by atoms with van der Waals surface area (Å²) in [7, 11) is 0. The van der Waals surface area contributed by atoms with Crippen LogP contribution in [0.3, 0.4) is 0 Å². The highest BCUT2D eigenvalue weighted by Crippen LogP contribution is 2.51. The fourth-order valence-corrected chi connectivity index (χ4v) is 9.86. The number of amides is 5. The van der Waals surface area contributed by atoms with E-state index in [0.717, 1.165) is 33.0 Å². The molecule has 0 radical (unpaired) electrons. The number of ether oxygens (including phenoxy) is 1. The number of halogens is 4. The third-order valence-electron chi connectivity index (χ3n) is 13.2. The van der Waals surface area contributed by atoms with Crippen LogP contribution in [0.2, 0.25) is 5.02 Å². The molecule has 330 valence electrons. The van der Waals surface area contributed by atoms with Crippen LogP contribution in [0.15, 0.2) is 60.9 Å². The second kappa shape index (κ2) is 15.1. The lowest BCUT2D eigenvalue weighted by atomic mass is 9.69. The van der Waals surface area contributed by atoms with Crippen molar-refractivity contribution < 1.29 is 37.1 Å². The second-order valence-corrected chi connectivity index (χ2v) is 17.7. The number of anilines is 4. The van der Waals surface area contributed by atoms with E-state index < -0.39 is 53.8 Å². The normalized spacial score (nSPS) is 22.0. The maximum atomic E-state index is 16.0. The van der Waals surface area contributed by atoms with Gasteiger partial charge in [-0.1, -0.05) is 29.8 Å². The zero-order chi connectivity index (χ0) is 44.1. The Morgan fingerprint density at radius 3 is 2.56 bits per heavy atom. The summed E-state index contributed by atoms with van der Waals surface area (Å²) >= 11 is 6.35. The Hall–Kier alpha value is -6.47. The number of pyridine rings is 1. The first-order chi connectivity index (χ1) is 30.9. The van der Waals surface area contributed by atoms with Crippen molar-refractivity contribution in [1.29, 1.82) is 0 Å². The highest BCUT2D eigenvalue weighted by molar-refractivity contribution is 6.34. The van der Waals surface area contributed by atoms with Crippen LogP contribution in [0.5, 0.6) is 5.75 Å². The first-order valence-corrected chi connectivity index (χ1v) is 21.6. The molecule has 3 N–H and O–H groups in total. The highest BCUT2D eigenvalue weighted by atomic mass is 35.5. The summed E-state index contributed by atoms with van der Waals surface area (Å²) < 4.78 is 53.3. The molecule has 0 bridgehead atoms. The largest absolute Gasteiger partial charge is 0.486 e. The molecule has 5 amide bonds. The third kappa shape index (κ3) is 6.74. The van der Waals surface area contributed by atoms with Gasteiger partial charge in [-0.3, -0.25) is 34.5 Å². The monoisotopic (exact) mass is 895 g/mol. The number of imide groups is 1. The van der Waals surface area contributed by atoms with E-state index in [2.05, 4.69) is 25.8 Å². The lowest BCUT2D eigenvalue weighted by Gasteiger charge is -2.57. The van der Waals surface area contributed by atoms with Crippen LogP contribution in [0.25, 0.3) is 16.9 Å². The minimum atomic E-state index is -3.14. The van der Waals surface area contributed by atoms with E-state index in [1.54, 1.807) is 6.20 Å². The molecule has 8 heterocycles. The van der Waals surface area contributed by atoms with E-state index in [0.29, 0.717) is 55.6 Å². The maximum absolute atomic E-state index is 16.0. The molecule has 64 heavy (non-hydrogen) atoms. The van der Waals surface area contributed by atoms with Gasteiger partial charge in [0.05, 0.1) is 40.6 Å². The Morgan fingerprint density at radius 2 is 1.80 bits per heavy atom. The fourth-order valence-electron chi connectivity index (χ4n) is 9.64. The zero-order valence-corrected chi connectivity index (χ0v) is 35.0. The van der Waals surface area contributed by atoms with Crippen molar-refractivity contribution in [2.24, 2.45) is 5.41 Å². The van der Waals surface area contributed by atoms with Crippen LogP contribution < -0.4 is 30.5 Å². The minimum Gasteiger partial charge on any atom is -0.486 e. The number of hydrogen-bond acceptors (Lipinski definition) is 11. The number of piperidine rings is 1. The standard InChI is InChI=1S/C44H41ClF3N11O5/c45-28-6-5-25(16-33(28)58-13-9-35(60)53-42(58)63)41(62)56-14-10-43(44(47,48)23-56)21-55(22-43)20-24-4-7-30(50-18-24)26-2-1-3-32-27(26)8-12-57(32)39-37-36(49-11-15-64-37)38-51-19-34(59(38)54-39)40(61)52-31-17-29(31)46/h1-7,16,18-19,29,31,49H,8-15,17,20-23H2,(H,52,61)(H,53,60,63)/t29-,31+/m0/s1. The molecule has 0 unspecified atom stereocenters. The molecular formula is C44H41ClF3N11O5. The van der Waals surface area contributed by atoms with Crippen LogP contribution in [-0.4, -0.2) is 124 Å². The first-order valence-electron chi connectivity index (χ1n) is 21.2. The number of fused-ring (bicyclic) bond motifs is 4. The minimum absolute atomic E-state index is 0.0639. The second-order valence-electron chi connectivity index (χ2n) is 17.3. The molecule has 1 aliphatic carbocycles. The summed E-state index contributed by atoms with van der Waals surface area (Å²) in [5.74, 6) is -3.54. The van der Waals surface area contributed by atoms with Crippen molar-refractivity contribution in [2.45, 2.75) is 50.4 Å². The van der Waals surface area contributed by atoms with E-state index >= 15 is 8.78 Å². The van der Waals surface area contributed by atoms with Crippen molar-refractivity contribution in [1.82, 2.24) is 40.0 Å². The van der Waals surface area contributed by atoms with Gasteiger partial charge < -0.3 is 25.2 Å². The highest BCUT2D eigenvalue weighted by Gasteiger charge is 2.62. The number of carbonyl (C=O) groups excluding carboxylic acids is 4. The number of benzene rings is 2. The van der Waals surface area contributed by atoms with Gasteiger partial charge in [0.2, 0.25) is 5.91 Å². The number of urea groups is 1. The van der Waals surface area contributed by atoms with Crippen LogP contribution in [0, 0.1) is 5.41 Å². The number of nitrogens with zero attached hydrogens (tertiary/aromatic N) is 8. The molecule has 2 aromatic carbocycles. The molecule has 20 heteroatoms.